The first kappa shape index (κ1) is 13.8. The van der Waals surface area contributed by atoms with Gasteiger partial charge in [-0.05, 0) is 43.2 Å². The molecule has 0 unspecified atom stereocenters. The number of aliphatic hydroxyl groups excluding tert-OH is 1. The highest BCUT2D eigenvalue weighted by molar-refractivity contribution is 6.32. The van der Waals surface area contributed by atoms with Crippen molar-refractivity contribution in [1.82, 2.24) is 4.98 Å². The molecule has 0 saturated heterocycles. The van der Waals surface area contributed by atoms with Crippen LogP contribution in [0.4, 0.5) is 0 Å². The number of benzene rings is 1. The number of hydrogen-bond acceptors (Lipinski definition) is 3. The van der Waals surface area contributed by atoms with Gasteiger partial charge in [0.15, 0.2) is 0 Å². The van der Waals surface area contributed by atoms with Gasteiger partial charge in [0.05, 0.1) is 16.8 Å². The van der Waals surface area contributed by atoms with Crippen molar-refractivity contribution in [3.63, 3.8) is 0 Å². The Labute approximate surface area is 117 Å². The lowest BCUT2D eigenvalue weighted by Crippen LogP contribution is -2.01. The first-order valence-electron chi connectivity index (χ1n) is 6.08. The van der Waals surface area contributed by atoms with Crippen LogP contribution < -0.4 is 4.74 Å². The Morgan fingerprint density at radius 3 is 2.79 bits per heavy atom. The van der Waals surface area contributed by atoms with E-state index in [4.69, 9.17) is 16.3 Å². The predicted octanol–water partition coefficient (Wildman–Crippen LogP) is 3.68. The minimum atomic E-state index is -0.537. The van der Waals surface area contributed by atoms with Crippen LogP contribution in [0.25, 0.3) is 0 Å². The Hall–Kier alpha value is -1.58. The number of nitrogens with zero attached hydrogens (tertiary/aromatic N) is 1. The molecule has 0 bridgehead atoms. The normalized spacial score (nSPS) is 12.2. The molecule has 100 valence electrons. The number of ether oxygens (including phenoxy) is 1. The van der Waals surface area contributed by atoms with Crippen molar-refractivity contribution in [2.75, 3.05) is 0 Å². The molecule has 0 fully saturated rings. The molecule has 2 aromatic rings. The molecule has 1 heterocycles. The van der Waals surface area contributed by atoms with Gasteiger partial charge in [-0.25, -0.2) is 0 Å². The molecule has 4 heteroatoms. The summed E-state index contributed by atoms with van der Waals surface area (Å²) in [6.07, 6.45) is 1.20. The average molecular weight is 278 g/mol. The van der Waals surface area contributed by atoms with Crippen molar-refractivity contribution >= 4 is 11.6 Å². The van der Waals surface area contributed by atoms with Crippen molar-refractivity contribution in [3.8, 4) is 5.75 Å². The van der Waals surface area contributed by atoms with Crippen molar-refractivity contribution < 1.29 is 9.84 Å². The number of aromatic nitrogens is 1. The lowest BCUT2D eigenvalue weighted by Gasteiger charge is -2.11. The van der Waals surface area contributed by atoms with E-state index in [0.29, 0.717) is 17.4 Å². The van der Waals surface area contributed by atoms with Crippen LogP contribution in [0.3, 0.4) is 0 Å². The molecule has 0 spiro atoms. The summed E-state index contributed by atoms with van der Waals surface area (Å²) >= 11 is 6.12. The van der Waals surface area contributed by atoms with E-state index in [0.717, 1.165) is 16.8 Å². The Morgan fingerprint density at radius 1 is 1.37 bits per heavy atom. The van der Waals surface area contributed by atoms with E-state index in [1.54, 1.807) is 31.3 Å². The van der Waals surface area contributed by atoms with Gasteiger partial charge in [-0.15, -0.1) is 0 Å². The molecule has 0 aliphatic heterocycles. The fourth-order valence-corrected chi connectivity index (χ4v) is 1.95. The summed E-state index contributed by atoms with van der Waals surface area (Å²) in [5, 5.41) is 9.97. The molecule has 0 aliphatic carbocycles. The first-order valence-corrected chi connectivity index (χ1v) is 6.46. The molecular formula is C15H16ClNO2. The van der Waals surface area contributed by atoms with Gasteiger partial charge in [0.2, 0.25) is 0 Å². The zero-order chi connectivity index (χ0) is 13.8. The maximum Gasteiger partial charge on any atom is 0.138 e. The Kier molecular flexibility index (Phi) is 4.40. The molecule has 2 rings (SSSR count). The molecule has 1 aromatic carbocycles. The lowest BCUT2D eigenvalue weighted by molar-refractivity contribution is 0.199. The Morgan fingerprint density at radius 2 is 2.16 bits per heavy atom. The van der Waals surface area contributed by atoms with Crippen LogP contribution in [-0.2, 0) is 6.61 Å². The summed E-state index contributed by atoms with van der Waals surface area (Å²) in [5.74, 6) is 0.594. The smallest absolute Gasteiger partial charge is 0.138 e. The standard InChI is InChI=1S/C15H16ClNO2/c1-10-4-3-7-17-14(10)9-19-15-6-5-12(11(2)18)8-13(15)16/h3-8,11,18H,9H2,1-2H3/t11-/m1/s1. The minimum absolute atomic E-state index is 0.375. The lowest BCUT2D eigenvalue weighted by atomic mass is 10.1. The highest BCUT2D eigenvalue weighted by Gasteiger charge is 2.07. The molecule has 0 saturated carbocycles. The van der Waals surface area contributed by atoms with E-state index in [2.05, 4.69) is 4.98 Å². The van der Waals surface area contributed by atoms with Gasteiger partial charge in [0.1, 0.15) is 12.4 Å². The second kappa shape index (κ2) is 6.04. The van der Waals surface area contributed by atoms with Crippen molar-refractivity contribution in [3.05, 3.63) is 58.4 Å². The van der Waals surface area contributed by atoms with E-state index in [1.807, 2.05) is 19.1 Å². The number of halogens is 1. The summed E-state index contributed by atoms with van der Waals surface area (Å²) in [4.78, 5) is 4.26. The fraction of sp³-hybridized carbons (Fsp3) is 0.267. The van der Waals surface area contributed by atoms with Crippen molar-refractivity contribution in [2.24, 2.45) is 0 Å². The molecule has 0 amide bonds. The molecule has 19 heavy (non-hydrogen) atoms. The maximum absolute atomic E-state index is 9.47. The van der Waals surface area contributed by atoms with E-state index in [-0.39, 0.29) is 0 Å². The van der Waals surface area contributed by atoms with Crippen LogP contribution in [-0.4, -0.2) is 10.1 Å². The molecule has 1 N–H and O–H groups in total. The largest absolute Gasteiger partial charge is 0.486 e. The van der Waals surface area contributed by atoms with E-state index in [1.165, 1.54) is 0 Å². The number of rotatable bonds is 4. The van der Waals surface area contributed by atoms with Gasteiger partial charge >= 0.3 is 0 Å². The summed E-state index contributed by atoms with van der Waals surface area (Å²) in [6.45, 7) is 4.06. The van der Waals surface area contributed by atoms with E-state index < -0.39 is 6.10 Å². The third-order valence-electron chi connectivity index (χ3n) is 2.92. The van der Waals surface area contributed by atoms with Gasteiger partial charge in [-0.1, -0.05) is 23.7 Å². The summed E-state index contributed by atoms with van der Waals surface area (Å²) in [7, 11) is 0. The quantitative estimate of drug-likeness (QED) is 0.927. The zero-order valence-electron chi connectivity index (χ0n) is 10.9. The van der Waals surface area contributed by atoms with Gasteiger partial charge in [-0.2, -0.15) is 0 Å². The van der Waals surface area contributed by atoms with Gasteiger partial charge in [-0.3, -0.25) is 4.98 Å². The SMILES string of the molecule is Cc1cccnc1COc1ccc([C@@H](C)O)cc1Cl. The summed E-state index contributed by atoms with van der Waals surface area (Å²) in [6, 6.07) is 9.17. The predicted molar refractivity (Wildman–Crippen MR) is 75.4 cm³/mol. The van der Waals surface area contributed by atoms with Crippen molar-refractivity contribution in [2.45, 2.75) is 26.6 Å². The Bertz CT molecular complexity index is 570. The molecular weight excluding hydrogens is 262 g/mol. The fourth-order valence-electron chi connectivity index (χ4n) is 1.71. The molecule has 0 radical (unpaired) electrons. The number of hydrogen-bond donors (Lipinski definition) is 1. The third-order valence-corrected chi connectivity index (χ3v) is 3.22. The number of aryl methyl sites for hydroxylation is 1. The summed E-state index contributed by atoms with van der Waals surface area (Å²) < 4.78 is 5.66. The van der Waals surface area contributed by atoms with Crippen LogP contribution in [0.1, 0.15) is 29.8 Å². The average Bonchev–Trinajstić information content (AvgIpc) is 2.39. The van der Waals surface area contributed by atoms with E-state index >= 15 is 0 Å². The Balaban J connectivity index is 2.10. The molecule has 3 nitrogen and oxygen atoms in total. The summed E-state index contributed by atoms with van der Waals surface area (Å²) in [5.41, 5.74) is 2.74. The highest BCUT2D eigenvalue weighted by Crippen LogP contribution is 2.28. The minimum Gasteiger partial charge on any atom is -0.486 e. The maximum atomic E-state index is 9.47. The van der Waals surface area contributed by atoms with E-state index in [9.17, 15) is 5.11 Å². The zero-order valence-corrected chi connectivity index (χ0v) is 11.7. The van der Waals surface area contributed by atoms with Crippen LogP contribution >= 0.6 is 11.6 Å². The van der Waals surface area contributed by atoms with Crippen LogP contribution in [0.15, 0.2) is 36.5 Å². The topological polar surface area (TPSA) is 42.4 Å². The van der Waals surface area contributed by atoms with Gasteiger partial charge < -0.3 is 9.84 Å². The second-order valence-corrected chi connectivity index (χ2v) is 4.83. The van der Waals surface area contributed by atoms with Crippen LogP contribution in [0.2, 0.25) is 5.02 Å². The first-order chi connectivity index (χ1) is 9.08. The van der Waals surface area contributed by atoms with Gasteiger partial charge in [0.25, 0.3) is 0 Å². The molecule has 1 aromatic heterocycles. The van der Waals surface area contributed by atoms with Crippen LogP contribution in [0.5, 0.6) is 5.75 Å². The molecule has 1 atom stereocenters. The van der Waals surface area contributed by atoms with Crippen LogP contribution in [0, 0.1) is 6.92 Å². The second-order valence-electron chi connectivity index (χ2n) is 4.42. The number of pyridine rings is 1. The highest BCUT2D eigenvalue weighted by atomic mass is 35.5. The van der Waals surface area contributed by atoms with Gasteiger partial charge in [0, 0.05) is 6.20 Å². The molecule has 0 aliphatic rings. The van der Waals surface area contributed by atoms with Crippen molar-refractivity contribution in [1.29, 1.82) is 0 Å². The monoisotopic (exact) mass is 277 g/mol. The number of aliphatic hydroxyl groups is 1. The third kappa shape index (κ3) is 3.46.